The van der Waals surface area contributed by atoms with Gasteiger partial charge in [-0.15, -0.1) is 0 Å². The average molecular weight is 327 g/mol. The molecule has 1 atom stereocenters. The minimum atomic E-state index is -1.10. The summed E-state index contributed by atoms with van der Waals surface area (Å²) in [5, 5.41) is 18.9. The summed E-state index contributed by atoms with van der Waals surface area (Å²) in [5.41, 5.74) is -0.699. The zero-order chi connectivity index (χ0) is 17.2. The highest BCUT2D eigenvalue weighted by Crippen LogP contribution is 2.21. The Balaban J connectivity index is 1.81. The maximum Gasteiger partial charge on any atom is 0.408 e. The van der Waals surface area contributed by atoms with E-state index in [4.69, 9.17) is 5.11 Å². The molecular weight excluding hydrogens is 302 g/mol. The highest BCUT2D eigenvalue weighted by Gasteiger charge is 2.35. The van der Waals surface area contributed by atoms with E-state index in [1.165, 1.54) is 0 Å². The van der Waals surface area contributed by atoms with Gasteiger partial charge in [0.05, 0.1) is 5.60 Å². The first-order chi connectivity index (χ1) is 10.7. The van der Waals surface area contributed by atoms with Crippen molar-refractivity contribution in [1.82, 2.24) is 14.7 Å². The molecule has 1 unspecified atom stereocenters. The molecule has 8 nitrogen and oxygen atoms in total. The Kier molecular flexibility index (Phi) is 5.13. The maximum atomic E-state index is 12.2. The number of amides is 3. The monoisotopic (exact) mass is 327 g/mol. The van der Waals surface area contributed by atoms with E-state index in [0.717, 1.165) is 4.90 Å². The molecule has 2 rings (SSSR count). The Bertz CT molecular complexity index is 484. The third-order valence-corrected chi connectivity index (χ3v) is 4.78. The highest BCUT2D eigenvalue weighted by atomic mass is 16.4. The number of piperidine rings is 1. The molecule has 130 valence electrons. The van der Waals surface area contributed by atoms with Crippen molar-refractivity contribution < 1.29 is 24.6 Å². The number of hydrogen-bond donors (Lipinski definition) is 2. The molecule has 2 fully saturated rings. The number of carbonyl (C=O) groups excluding carboxylic acids is 2. The Labute approximate surface area is 135 Å². The van der Waals surface area contributed by atoms with Gasteiger partial charge in [0.25, 0.3) is 0 Å². The molecule has 2 heterocycles. The molecule has 23 heavy (non-hydrogen) atoms. The van der Waals surface area contributed by atoms with E-state index in [1.807, 2.05) is 0 Å². The first-order valence-electron chi connectivity index (χ1n) is 8.00. The molecule has 0 aliphatic carbocycles. The van der Waals surface area contributed by atoms with Crippen molar-refractivity contribution in [3.05, 3.63) is 0 Å². The van der Waals surface area contributed by atoms with Crippen molar-refractivity contribution in [3.8, 4) is 0 Å². The van der Waals surface area contributed by atoms with Crippen LogP contribution in [0.2, 0.25) is 0 Å². The Morgan fingerprint density at radius 2 is 1.83 bits per heavy atom. The summed E-state index contributed by atoms with van der Waals surface area (Å²) >= 11 is 0. The van der Waals surface area contributed by atoms with Gasteiger partial charge in [-0.1, -0.05) is 0 Å². The van der Waals surface area contributed by atoms with Crippen molar-refractivity contribution in [1.29, 1.82) is 0 Å². The third kappa shape index (κ3) is 4.13. The van der Waals surface area contributed by atoms with Crippen LogP contribution in [0.3, 0.4) is 0 Å². The van der Waals surface area contributed by atoms with E-state index in [-0.39, 0.29) is 24.8 Å². The predicted octanol–water partition coefficient (Wildman–Crippen LogP) is -0.0394. The second kappa shape index (κ2) is 6.74. The number of likely N-dealkylation sites (tertiary alicyclic amines) is 1. The van der Waals surface area contributed by atoms with Gasteiger partial charge >= 0.3 is 6.09 Å². The van der Waals surface area contributed by atoms with E-state index >= 15 is 0 Å². The number of piperazine rings is 1. The number of rotatable bonds is 3. The number of carbonyl (C=O) groups is 3. The molecule has 0 aromatic carbocycles. The minimum Gasteiger partial charge on any atom is -0.465 e. The van der Waals surface area contributed by atoms with E-state index in [0.29, 0.717) is 39.0 Å². The molecule has 0 saturated carbocycles. The fourth-order valence-corrected chi connectivity index (χ4v) is 3.04. The molecule has 0 aromatic heterocycles. The predicted molar refractivity (Wildman–Crippen MR) is 81.8 cm³/mol. The van der Waals surface area contributed by atoms with Gasteiger partial charge in [-0.3, -0.25) is 14.5 Å². The van der Waals surface area contributed by atoms with Gasteiger partial charge in [-0.05, 0) is 26.7 Å². The normalized spacial score (nSPS) is 24.7. The van der Waals surface area contributed by atoms with Crippen LogP contribution in [0.25, 0.3) is 0 Å². The number of carboxylic acid groups (broad SMARTS) is 1. The molecule has 0 bridgehead atoms. The van der Waals surface area contributed by atoms with Crippen molar-refractivity contribution in [2.24, 2.45) is 0 Å². The molecular formula is C15H25N3O5. The van der Waals surface area contributed by atoms with Crippen LogP contribution in [0, 0.1) is 0 Å². The van der Waals surface area contributed by atoms with Crippen LogP contribution in [0.1, 0.15) is 33.1 Å². The van der Waals surface area contributed by atoms with Crippen LogP contribution < -0.4 is 0 Å². The van der Waals surface area contributed by atoms with Crippen LogP contribution >= 0.6 is 0 Å². The molecule has 3 amide bonds. The smallest absolute Gasteiger partial charge is 0.408 e. The highest BCUT2D eigenvalue weighted by molar-refractivity contribution is 5.86. The lowest BCUT2D eigenvalue weighted by Crippen LogP contribution is -2.57. The second-order valence-electron chi connectivity index (χ2n) is 6.60. The largest absolute Gasteiger partial charge is 0.465 e. The zero-order valence-corrected chi connectivity index (χ0v) is 13.7. The van der Waals surface area contributed by atoms with Crippen molar-refractivity contribution in [3.63, 3.8) is 0 Å². The third-order valence-electron chi connectivity index (χ3n) is 4.78. The summed E-state index contributed by atoms with van der Waals surface area (Å²) in [6, 6.07) is -0.707. The van der Waals surface area contributed by atoms with Gasteiger partial charge in [-0.2, -0.15) is 0 Å². The Morgan fingerprint density at radius 3 is 2.39 bits per heavy atom. The topological polar surface area (TPSA) is 101 Å². The van der Waals surface area contributed by atoms with E-state index in [2.05, 4.69) is 0 Å². The van der Waals surface area contributed by atoms with Gasteiger partial charge in [0, 0.05) is 39.1 Å². The van der Waals surface area contributed by atoms with E-state index in [1.54, 1.807) is 23.6 Å². The molecule has 2 N–H and O–H groups in total. The van der Waals surface area contributed by atoms with E-state index < -0.39 is 17.7 Å². The second-order valence-corrected chi connectivity index (χ2v) is 6.60. The molecule has 0 spiro atoms. The molecule has 8 heteroatoms. The first-order valence-corrected chi connectivity index (χ1v) is 8.00. The van der Waals surface area contributed by atoms with Crippen molar-refractivity contribution in [2.75, 3.05) is 32.7 Å². The summed E-state index contributed by atoms with van der Waals surface area (Å²) < 4.78 is 0. The van der Waals surface area contributed by atoms with Crippen molar-refractivity contribution >= 4 is 17.9 Å². The van der Waals surface area contributed by atoms with Gasteiger partial charge in [0.15, 0.2) is 0 Å². The van der Waals surface area contributed by atoms with Gasteiger partial charge in [0.2, 0.25) is 11.8 Å². The van der Waals surface area contributed by atoms with Gasteiger partial charge < -0.3 is 20.0 Å². The van der Waals surface area contributed by atoms with Crippen LogP contribution in [-0.4, -0.2) is 87.2 Å². The lowest BCUT2D eigenvalue weighted by molar-refractivity contribution is -0.141. The fraction of sp³-hybridized carbons (Fsp3) is 0.800. The van der Waals surface area contributed by atoms with E-state index in [9.17, 15) is 19.5 Å². The summed E-state index contributed by atoms with van der Waals surface area (Å²) in [4.78, 5) is 39.8. The zero-order valence-electron chi connectivity index (χ0n) is 13.7. The number of nitrogens with zero attached hydrogens (tertiary/aromatic N) is 3. The quantitative estimate of drug-likeness (QED) is 0.757. The summed E-state index contributed by atoms with van der Waals surface area (Å²) in [6.45, 7) is 5.29. The van der Waals surface area contributed by atoms with Crippen LogP contribution in [-0.2, 0) is 9.59 Å². The number of hydrogen-bond acceptors (Lipinski definition) is 4. The molecule has 2 aliphatic heterocycles. The molecule has 2 aliphatic rings. The van der Waals surface area contributed by atoms with Gasteiger partial charge in [0.1, 0.15) is 6.04 Å². The molecule has 0 radical (unpaired) electrons. The molecule has 0 aromatic rings. The first kappa shape index (κ1) is 17.5. The van der Waals surface area contributed by atoms with Crippen molar-refractivity contribution in [2.45, 2.75) is 44.8 Å². The standard InChI is InChI=1S/C15H25N3O5/c1-11-13(20)17(9-10-18(11)14(21)22)6-3-12(19)16-7-4-15(2,23)5-8-16/h11,23H,3-10H2,1-2H3,(H,21,22). The van der Waals surface area contributed by atoms with Crippen LogP contribution in [0.4, 0.5) is 4.79 Å². The average Bonchev–Trinajstić information content (AvgIpc) is 2.48. The van der Waals surface area contributed by atoms with Gasteiger partial charge in [-0.25, -0.2) is 4.79 Å². The van der Waals surface area contributed by atoms with Crippen LogP contribution in [0.5, 0.6) is 0 Å². The Hall–Kier alpha value is -1.83. The lowest BCUT2D eigenvalue weighted by atomic mass is 9.94. The molecule has 2 saturated heterocycles. The fourth-order valence-electron chi connectivity index (χ4n) is 3.04. The summed E-state index contributed by atoms with van der Waals surface area (Å²) in [6.07, 6.45) is 0.257. The summed E-state index contributed by atoms with van der Waals surface area (Å²) in [7, 11) is 0. The van der Waals surface area contributed by atoms with Crippen LogP contribution in [0.15, 0.2) is 0 Å². The SMILES string of the molecule is CC1C(=O)N(CCC(=O)N2CCC(C)(O)CC2)CCN1C(=O)O. The Morgan fingerprint density at radius 1 is 1.22 bits per heavy atom. The number of aliphatic hydroxyl groups is 1. The lowest BCUT2D eigenvalue weighted by Gasteiger charge is -2.38. The minimum absolute atomic E-state index is 0.0263. The summed E-state index contributed by atoms with van der Waals surface area (Å²) in [5.74, 6) is -0.283. The maximum absolute atomic E-state index is 12.2.